The summed E-state index contributed by atoms with van der Waals surface area (Å²) in [7, 11) is 0. The lowest BCUT2D eigenvalue weighted by atomic mass is 9.94. The highest BCUT2D eigenvalue weighted by Gasteiger charge is 2.38. The maximum Gasteiger partial charge on any atom is 0.237 e. The molecule has 2 aliphatic heterocycles. The van der Waals surface area contributed by atoms with Crippen LogP contribution in [0.2, 0.25) is 0 Å². The van der Waals surface area contributed by atoms with Crippen LogP contribution in [0.25, 0.3) is 0 Å². The largest absolute Gasteiger partial charge is 0.472 e. The third-order valence-electron chi connectivity index (χ3n) is 5.67. The van der Waals surface area contributed by atoms with E-state index in [1.165, 1.54) is 0 Å². The van der Waals surface area contributed by atoms with Crippen LogP contribution < -0.4 is 5.32 Å². The number of carbonyl (C=O) groups is 2. The van der Waals surface area contributed by atoms with Crippen molar-refractivity contribution in [3.8, 4) is 0 Å². The minimum Gasteiger partial charge on any atom is -0.472 e. The Morgan fingerprint density at radius 3 is 2.85 bits per heavy atom. The first-order valence-electron chi connectivity index (χ1n) is 9.51. The van der Waals surface area contributed by atoms with Gasteiger partial charge in [-0.3, -0.25) is 14.5 Å². The average Bonchev–Trinajstić information content (AvgIpc) is 3.17. The predicted molar refractivity (Wildman–Crippen MR) is 96.4 cm³/mol. The van der Waals surface area contributed by atoms with Crippen molar-refractivity contribution in [1.29, 1.82) is 0 Å². The first kappa shape index (κ1) is 18.9. The van der Waals surface area contributed by atoms with Gasteiger partial charge in [-0.15, -0.1) is 0 Å². The van der Waals surface area contributed by atoms with Crippen LogP contribution in [0.4, 0.5) is 0 Å². The molecule has 1 atom stereocenters. The summed E-state index contributed by atoms with van der Waals surface area (Å²) in [4.78, 5) is 29.3. The molecule has 3 rings (SSSR count). The number of nitrogens with one attached hydrogen (secondary N) is 1. The van der Waals surface area contributed by atoms with E-state index >= 15 is 0 Å². The van der Waals surface area contributed by atoms with Gasteiger partial charge in [-0.1, -0.05) is 13.8 Å². The van der Waals surface area contributed by atoms with E-state index in [1.54, 1.807) is 12.5 Å². The minimum atomic E-state index is -0.438. The monoisotopic (exact) mass is 363 g/mol. The molecule has 2 amide bonds. The van der Waals surface area contributed by atoms with E-state index in [1.807, 2.05) is 11.0 Å². The quantitative estimate of drug-likeness (QED) is 0.827. The van der Waals surface area contributed by atoms with Gasteiger partial charge in [0.15, 0.2) is 0 Å². The van der Waals surface area contributed by atoms with Gasteiger partial charge in [-0.25, -0.2) is 0 Å². The minimum absolute atomic E-state index is 0.0267. The number of hydrogen-bond donors (Lipinski definition) is 1. The summed E-state index contributed by atoms with van der Waals surface area (Å²) in [5.74, 6) is -0.0441. The van der Waals surface area contributed by atoms with Gasteiger partial charge in [-0.2, -0.15) is 0 Å². The number of hydrogen-bond acceptors (Lipinski definition) is 5. The van der Waals surface area contributed by atoms with Gasteiger partial charge in [0.2, 0.25) is 11.8 Å². The Morgan fingerprint density at radius 2 is 2.15 bits per heavy atom. The van der Waals surface area contributed by atoms with Crippen molar-refractivity contribution in [1.82, 2.24) is 15.1 Å². The molecule has 3 heterocycles. The van der Waals surface area contributed by atoms with Crippen LogP contribution >= 0.6 is 0 Å². The van der Waals surface area contributed by atoms with E-state index in [0.717, 1.165) is 24.9 Å². The van der Waals surface area contributed by atoms with Crippen LogP contribution in [-0.2, 0) is 20.9 Å². The van der Waals surface area contributed by atoms with Gasteiger partial charge < -0.3 is 19.4 Å². The Balaban J connectivity index is 1.66. The Morgan fingerprint density at radius 1 is 1.35 bits per heavy atom. The zero-order valence-electron chi connectivity index (χ0n) is 15.7. The van der Waals surface area contributed by atoms with Gasteiger partial charge in [0.1, 0.15) is 0 Å². The molecule has 2 fully saturated rings. The smallest absolute Gasteiger partial charge is 0.237 e. The molecule has 144 valence electrons. The lowest BCUT2D eigenvalue weighted by Gasteiger charge is -2.43. The Hall–Kier alpha value is -1.86. The fourth-order valence-corrected chi connectivity index (χ4v) is 3.82. The van der Waals surface area contributed by atoms with Crippen LogP contribution in [-0.4, -0.2) is 66.0 Å². The first-order chi connectivity index (χ1) is 12.6. The molecular weight excluding hydrogens is 334 g/mol. The third kappa shape index (κ3) is 4.10. The Kier molecular flexibility index (Phi) is 5.98. The fraction of sp³-hybridized carbons (Fsp3) is 0.684. The fourth-order valence-electron chi connectivity index (χ4n) is 3.82. The van der Waals surface area contributed by atoms with Crippen molar-refractivity contribution < 1.29 is 18.7 Å². The molecule has 7 heteroatoms. The zero-order valence-corrected chi connectivity index (χ0v) is 15.7. The van der Waals surface area contributed by atoms with Crippen LogP contribution in [0.1, 0.15) is 38.7 Å². The van der Waals surface area contributed by atoms with Crippen molar-refractivity contribution in [2.24, 2.45) is 0 Å². The second-order valence-corrected chi connectivity index (χ2v) is 7.17. The topological polar surface area (TPSA) is 75.0 Å². The summed E-state index contributed by atoms with van der Waals surface area (Å²) >= 11 is 0. The van der Waals surface area contributed by atoms with Gasteiger partial charge in [0.25, 0.3) is 0 Å². The van der Waals surface area contributed by atoms with Gasteiger partial charge >= 0.3 is 0 Å². The number of carbonyl (C=O) groups excluding carboxylic acids is 2. The molecule has 0 bridgehead atoms. The number of furan rings is 1. The van der Waals surface area contributed by atoms with Crippen molar-refractivity contribution in [3.63, 3.8) is 0 Å². The number of nitrogens with zero attached hydrogens (tertiary/aromatic N) is 2. The molecule has 1 aromatic heterocycles. The van der Waals surface area contributed by atoms with E-state index in [4.69, 9.17) is 9.15 Å². The average molecular weight is 363 g/mol. The lowest BCUT2D eigenvalue weighted by Crippen LogP contribution is -2.58. The van der Waals surface area contributed by atoms with Gasteiger partial charge in [0.05, 0.1) is 37.2 Å². The van der Waals surface area contributed by atoms with E-state index < -0.39 is 6.04 Å². The molecule has 0 aromatic carbocycles. The van der Waals surface area contributed by atoms with Crippen molar-refractivity contribution in [2.45, 2.75) is 51.3 Å². The maximum atomic E-state index is 12.9. The van der Waals surface area contributed by atoms with Crippen LogP contribution in [0.3, 0.4) is 0 Å². The molecule has 0 saturated carbocycles. The maximum absolute atomic E-state index is 12.9. The van der Waals surface area contributed by atoms with Crippen molar-refractivity contribution >= 4 is 11.8 Å². The summed E-state index contributed by atoms with van der Waals surface area (Å²) in [6.07, 6.45) is 5.27. The highest BCUT2D eigenvalue weighted by molar-refractivity contribution is 5.89. The van der Waals surface area contributed by atoms with E-state index in [9.17, 15) is 9.59 Å². The molecule has 7 nitrogen and oxygen atoms in total. The SMILES string of the molecule is CCC1(CC)CN(C(=O)C[C@@H]2C(=O)NCCN2Cc2ccoc2)CCO1. The second kappa shape index (κ2) is 8.22. The molecule has 0 radical (unpaired) electrons. The Labute approximate surface area is 154 Å². The van der Waals surface area contributed by atoms with E-state index in [-0.39, 0.29) is 23.8 Å². The molecule has 0 spiro atoms. The lowest BCUT2D eigenvalue weighted by molar-refractivity contribution is -0.154. The molecule has 0 aliphatic carbocycles. The summed E-state index contributed by atoms with van der Waals surface area (Å²) in [6.45, 7) is 7.89. The molecule has 1 N–H and O–H groups in total. The molecule has 1 aromatic rings. The highest BCUT2D eigenvalue weighted by Crippen LogP contribution is 2.26. The summed E-state index contributed by atoms with van der Waals surface area (Å²) < 4.78 is 11.1. The zero-order chi connectivity index (χ0) is 18.6. The highest BCUT2D eigenvalue weighted by atomic mass is 16.5. The normalized spacial score (nSPS) is 23.7. The van der Waals surface area contributed by atoms with Gasteiger partial charge in [-0.05, 0) is 18.9 Å². The standard InChI is InChI=1S/C19H29N3O4/c1-3-19(4-2)14-22(8-10-26-19)17(23)11-16-18(24)20-6-7-21(16)12-15-5-9-25-13-15/h5,9,13,16H,3-4,6-8,10-12,14H2,1-2H3,(H,20,24)/t16-/m1/s1. The molecule has 2 saturated heterocycles. The number of piperazine rings is 1. The summed E-state index contributed by atoms with van der Waals surface area (Å²) in [5, 5.41) is 2.89. The summed E-state index contributed by atoms with van der Waals surface area (Å²) in [6, 6.07) is 1.45. The second-order valence-electron chi connectivity index (χ2n) is 7.17. The van der Waals surface area contributed by atoms with E-state index in [2.05, 4.69) is 24.1 Å². The summed E-state index contributed by atoms with van der Waals surface area (Å²) in [5.41, 5.74) is 0.763. The Bertz CT molecular complexity index is 612. The molecular formula is C19H29N3O4. The molecule has 0 unspecified atom stereocenters. The van der Waals surface area contributed by atoms with Crippen LogP contribution in [0.15, 0.2) is 23.0 Å². The third-order valence-corrected chi connectivity index (χ3v) is 5.67. The number of amides is 2. The predicted octanol–water partition coefficient (Wildman–Crippen LogP) is 1.39. The molecule has 2 aliphatic rings. The van der Waals surface area contributed by atoms with Crippen LogP contribution in [0, 0.1) is 0 Å². The first-order valence-corrected chi connectivity index (χ1v) is 9.51. The molecule has 26 heavy (non-hydrogen) atoms. The van der Waals surface area contributed by atoms with Crippen LogP contribution in [0.5, 0.6) is 0 Å². The van der Waals surface area contributed by atoms with Crippen molar-refractivity contribution in [3.05, 3.63) is 24.2 Å². The number of ether oxygens (including phenoxy) is 1. The van der Waals surface area contributed by atoms with Crippen molar-refractivity contribution in [2.75, 3.05) is 32.8 Å². The number of morpholine rings is 1. The number of rotatable bonds is 6. The van der Waals surface area contributed by atoms with E-state index in [0.29, 0.717) is 32.8 Å². The van der Waals surface area contributed by atoms with Gasteiger partial charge in [0, 0.05) is 38.3 Å².